The van der Waals surface area contributed by atoms with Gasteiger partial charge in [0.1, 0.15) is 17.1 Å². The number of aryl methyl sites for hydroxylation is 2. The third-order valence-electron chi connectivity index (χ3n) is 7.33. The molecule has 2 aliphatic rings. The average Bonchev–Trinajstić information content (AvgIpc) is 3.24. The molecule has 0 spiro atoms. The number of amides is 2. The second kappa shape index (κ2) is 11.0. The highest BCUT2D eigenvalue weighted by Crippen LogP contribution is 2.37. The number of ether oxygens (including phenoxy) is 1. The van der Waals surface area contributed by atoms with Crippen LogP contribution in [0.2, 0.25) is 5.02 Å². The van der Waals surface area contributed by atoms with Gasteiger partial charge in [0.05, 0.1) is 12.3 Å². The maximum absolute atomic E-state index is 13.3. The average molecular weight is 503 g/mol. The molecule has 8 nitrogen and oxygen atoms in total. The molecule has 2 fully saturated rings. The Balaban J connectivity index is 1.46. The zero-order chi connectivity index (χ0) is 25.0. The van der Waals surface area contributed by atoms with Gasteiger partial charge in [-0.15, -0.1) is 0 Å². The van der Waals surface area contributed by atoms with E-state index >= 15 is 0 Å². The van der Waals surface area contributed by atoms with Crippen LogP contribution in [-0.4, -0.2) is 84.6 Å². The Morgan fingerprint density at radius 1 is 1.06 bits per heavy atom. The molecule has 0 saturated carbocycles. The highest BCUT2D eigenvalue weighted by molar-refractivity contribution is 6.30. The zero-order valence-corrected chi connectivity index (χ0v) is 21.6. The van der Waals surface area contributed by atoms with Gasteiger partial charge in [0, 0.05) is 56.1 Å². The second-order valence-electron chi connectivity index (χ2n) is 9.81. The Hall–Kier alpha value is -2.58. The van der Waals surface area contributed by atoms with E-state index in [1.54, 1.807) is 19.1 Å². The van der Waals surface area contributed by atoms with E-state index in [1.165, 1.54) is 0 Å². The summed E-state index contributed by atoms with van der Waals surface area (Å²) < 4.78 is 11.4. The molecule has 35 heavy (non-hydrogen) atoms. The van der Waals surface area contributed by atoms with Crippen molar-refractivity contribution in [3.63, 3.8) is 0 Å². The van der Waals surface area contributed by atoms with E-state index in [1.807, 2.05) is 28.9 Å². The zero-order valence-electron chi connectivity index (χ0n) is 20.9. The summed E-state index contributed by atoms with van der Waals surface area (Å²) in [6.45, 7) is 8.57. The number of likely N-dealkylation sites (N-methyl/N-ethyl adjacent to an activating group) is 1. The van der Waals surface area contributed by atoms with Crippen molar-refractivity contribution < 1.29 is 18.8 Å². The molecule has 0 unspecified atom stereocenters. The molecule has 0 bridgehead atoms. The van der Waals surface area contributed by atoms with E-state index in [2.05, 4.69) is 17.1 Å². The summed E-state index contributed by atoms with van der Waals surface area (Å²) in [7, 11) is 2.08. The van der Waals surface area contributed by atoms with E-state index < -0.39 is 0 Å². The Labute approximate surface area is 212 Å². The van der Waals surface area contributed by atoms with Crippen LogP contribution < -0.4 is 4.74 Å². The molecular formula is C26H35ClN4O4. The van der Waals surface area contributed by atoms with Gasteiger partial charge in [0.2, 0.25) is 5.91 Å². The fourth-order valence-corrected chi connectivity index (χ4v) is 5.03. The molecule has 190 valence electrons. The van der Waals surface area contributed by atoms with Gasteiger partial charge in [-0.25, -0.2) is 0 Å². The minimum absolute atomic E-state index is 0.0433. The number of hydrogen-bond acceptors (Lipinski definition) is 6. The lowest BCUT2D eigenvalue weighted by Gasteiger charge is -2.42. The Morgan fingerprint density at radius 3 is 2.34 bits per heavy atom. The quantitative estimate of drug-likeness (QED) is 0.575. The normalized spacial score (nSPS) is 18.5. The number of aromatic nitrogens is 1. The summed E-state index contributed by atoms with van der Waals surface area (Å²) in [5.74, 6) is 1.41. The van der Waals surface area contributed by atoms with Gasteiger partial charge in [-0.2, -0.15) is 0 Å². The van der Waals surface area contributed by atoms with Crippen molar-refractivity contribution >= 4 is 23.4 Å². The van der Waals surface area contributed by atoms with E-state index in [9.17, 15) is 9.59 Å². The molecule has 9 heteroatoms. The van der Waals surface area contributed by atoms with Crippen LogP contribution in [-0.2, 0) is 11.2 Å². The molecule has 0 N–H and O–H groups in total. The van der Waals surface area contributed by atoms with Crippen LogP contribution in [0.4, 0.5) is 0 Å². The third kappa shape index (κ3) is 5.98. The largest absolute Gasteiger partial charge is 0.493 e. The van der Waals surface area contributed by atoms with Crippen molar-refractivity contribution in [2.45, 2.75) is 39.5 Å². The fourth-order valence-electron chi connectivity index (χ4n) is 4.90. The standard InChI is InChI=1S/C26H35ClN4O4/c1-4-22-24(19(2)35-28-22)25(33)31-11-9-26(10-12-31,18-34-21-7-5-20(27)6-8-21)17-23(32)30-15-13-29(3)14-16-30/h5-8H,4,9-18H2,1-3H3. The number of piperazine rings is 1. The van der Waals surface area contributed by atoms with E-state index in [4.69, 9.17) is 20.9 Å². The van der Waals surface area contributed by atoms with Crippen LogP contribution in [0, 0.1) is 12.3 Å². The van der Waals surface area contributed by atoms with E-state index in [0.717, 1.165) is 31.9 Å². The molecule has 4 rings (SSSR count). The van der Waals surface area contributed by atoms with Gasteiger partial charge in [0.25, 0.3) is 5.91 Å². The lowest BCUT2D eigenvalue weighted by atomic mass is 9.75. The van der Waals surface area contributed by atoms with Crippen LogP contribution in [0.3, 0.4) is 0 Å². The van der Waals surface area contributed by atoms with Crippen molar-refractivity contribution in [2.75, 3.05) is 52.9 Å². The maximum Gasteiger partial charge on any atom is 0.259 e. The first-order chi connectivity index (χ1) is 16.8. The lowest BCUT2D eigenvalue weighted by molar-refractivity contribution is -0.136. The fraction of sp³-hybridized carbons (Fsp3) is 0.577. The molecule has 0 aliphatic carbocycles. The summed E-state index contributed by atoms with van der Waals surface area (Å²) in [5, 5.41) is 4.69. The SMILES string of the molecule is CCc1noc(C)c1C(=O)N1CCC(COc2ccc(Cl)cc2)(CC(=O)N2CCN(C)CC2)CC1. The molecule has 0 radical (unpaired) electrons. The Bertz CT molecular complexity index is 1020. The summed E-state index contributed by atoms with van der Waals surface area (Å²) in [6.07, 6.45) is 2.44. The van der Waals surface area contributed by atoms with Crippen LogP contribution in [0.25, 0.3) is 0 Å². The van der Waals surface area contributed by atoms with Crippen LogP contribution >= 0.6 is 11.6 Å². The number of benzene rings is 1. The number of halogens is 1. The number of hydrogen-bond donors (Lipinski definition) is 0. The molecule has 2 aromatic rings. The van der Waals surface area contributed by atoms with Gasteiger partial charge in [-0.1, -0.05) is 23.7 Å². The monoisotopic (exact) mass is 502 g/mol. The van der Waals surface area contributed by atoms with Gasteiger partial charge in [0.15, 0.2) is 0 Å². The van der Waals surface area contributed by atoms with Crippen LogP contribution in [0.5, 0.6) is 5.75 Å². The van der Waals surface area contributed by atoms with Crippen molar-refractivity contribution in [3.05, 3.63) is 46.3 Å². The van der Waals surface area contributed by atoms with Crippen molar-refractivity contribution in [1.29, 1.82) is 0 Å². The number of carbonyl (C=O) groups is 2. The van der Waals surface area contributed by atoms with E-state index in [0.29, 0.717) is 67.4 Å². The molecule has 1 aromatic carbocycles. The van der Waals surface area contributed by atoms with Crippen LogP contribution in [0.1, 0.15) is 48.0 Å². The lowest BCUT2D eigenvalue weighted by Crippen LogP contribution is -2.51. The Morgan fingerprint density at radius 2 is 1.71 bits per heavy atom. The Kier molecular flexibility index (Phi) is 8.02. The summed E-state index contributed by atoms with van der Waals surface area (Å²) in [6, 6.07) is 7.29. The molecular weight excluding hydrogens is 468 g/mol. The van der Waals surface area contributed by atoms with Crippen molar-refractivity contribution in [3.8, 4) is 5.75 Å². The van der Waals surface area contributed by atoms with Gasteiger partial charge in [-0.05, 0) is 57.5 Å². The highest BCUT2D eigenvalue weighted by atomic mass is 35.5. The first-order valence-corrected chi connectivity index (χ1v) is 12.8. The second-order valence-corrected chi connectivity index (χ2v) is 10.2. The first kappa shape index (κ1) is 25.5. The van der Waals surface area contributed by atoms with Crippen LogP contribution in [0.15, 0.2) is 28.8 Å². The summed E-state index contributed by atoms with van der Waals surface area (Å²) in [4.78, 5) is 32.7. The van der Waals surface area contributed by atoms with Gasteiger partial charge >= 0.3 is 0 Å². The molecule has 0 atom stereocenters. The predicted molar refractivity (Wildman–Crippen MR) is 134 cm³/mol. The number of nitrogens with zero attached hydrogens (tertiary/aromatic N) is 4. The van der Waals surface area contributed by atoms with Crippen molar-refractivity contribution in [1.82, 2.24) is 19.9 Å². The minimum atomic E-state index is -0.339. The number of piperidine rings is 1. The van der Waals surface area contributed by atoms with Gasteiger partial charge in [-0.3, -0.25) is 9.59 Å². The summed E-state index contributed by atoms with van der Waals surface area (Å²) in [5.41, 5.74) is 0.931. The molecule has 1 aromatic heterocycles. The smallest absolute Gasteiger partial charge is 0.259 e. The van der Waals surface area contributed by atoms with Crippen molar-refractivity contribution in [2.24, 2.45) is 5.41 Å². The predicted octanol–water partition coefficient (Wildman–Crippen LogP) is 3.66. The van der Waals surface area contributed by atoms with E-state index in [-0.39, 0.29) is 17.2 Å². The number of rotatable bonds is 7. The summed E-state index contributed by atoms with van der Waals surface area (Å²) >= 11 is 6.02. The topological polar surface area (TPSA) is 79.1 Å². The van der Waals surface area contributed by atoms with Gasteiger partial charge < -0.3 is 24.0 Å². The highest BCUT2D eigenvalue weighted by Gasteiger charge is 2.40. The molecule has 2 aliphatic heterocycles. The first-order valence-electron chi connectivity index (χ1n) is 12.4. The number of likely N-dealkylation sites (tertiary alicyclic amines) is 1. The molecule has 2 saturated heterocycles. The number of carbonyl (C=O) groups excluding carboxylic acids is 2. The molecule has 2 amide bonds. The minimum Gasteiger partial charge on any atom is -0.493 e. The maximum atomic E-state index is 13.3. The third-order valence-corrected chi connectivity index (χ3v) is 7.59. The molecule has 3 heterocycles.